The van der Waals surface area contributed by atoms with Crippen LogP contribution in [0.25, 0.3) is 0 Å². The van der Waals surface area contributed by atoms with Gasteiger partial charge >= 0.3 is 0 Å². The fraction of sp³-hybridized carbons (Fsp3) is 0.133. The monoisotopic (exact) mass is 238 g/mol. The maximum Gasteiger partial charge on any atom is 0.120 e. The summed E-state index contributed by atoms with van der Waals surface area (Å²) in [5.41, 5.74) is 7.25. The summed E-state index contributed by atoms with van der Waals surface area (Å²) >= 11 is 0. The minimum Gasteiger partial charge on any atom is -0.492 e. The van der Waals surface area contributed by atoms with Gasteiger partial charge in [0.05, 0.1) is 0 Å². The summed E-state index contributed by atoms with van der Waals surface area (Å²) in [5.74, 6) is 6.96. The molecular weight excluding hydrogens is 224 g/mol. The topological polar surface area (TPSA) is 48.1 Å². The maximum absolute atomic E-state index is 5.45. The van der Waals surface area contributed by atoms with Gasteiger partial charge in [0.2, 0.25) is 0 Å². The van der Waals surface area contributed by atoms with Crippen molar-refractivity contribution in [2.75, 3.05) is 13.2 Å². The molecule has 0 aliphatic carbocycles. The van der Waals surface area contributed by atoms with Crippen molar-refractivity contribution in [3.05, 3.63) is 59.9 Å². The van der Waals surface area contributed by atoms with Crippen LogP contribution in [0.1, 0.15) is 11.1 Å². The molecule has 90 valence electrons. The zero-order chi connectivity index (χ0) is 12.6. The number of aromatic nitrogens is 1. The molecule has 2 N–H and O–H groups in total. The molecule has 0 saturated heterocycles. The standard InChI is InChI=1S/C15H14N2O/c16-8-11-18-15-3-1-2-14(12-15)5-4-13-6-9-17-10-7-13/h1-3,6-7,9-10,12H,8,11,16H2. The summed E-state index contributed by atoms with van der Waals surface area (Å²) in [6.07, 6.45) is 3.45. The molecule has 0 saturated carbocycles. The van der Waals surface area contributed by atoms with Crippen LogP contribution in [-0.4, -0.2) is 18.1 Å². The van der Waals surface area contributed by atoms with E-state index in [0.717, 1.165) is 16.9 Å². The fourth-order valence-electron chi connectivity index (χ4n) is 1.42. The lowest BCUT2D eigenvalue weighted by atomic mass is 10.2. The third-order valence-corrected chi connectivity index (χ3v) is 2.25. The van der Waals surface area contributed by atoms with Crippen molar-refractivity contribution in [3.63, 3.8) is 0 Å². The number of hydrogen-bond acceptors (Lipinski definition) is 3. The Morgan fingerprint density at radius 3 is 2.61 bits per heavy atom. The predicted octanol–water partition coefficient (Wildman–Crippen LogP) is 1.82. The van der Waals surface area contributed by atoms with Gasteiger partial charge in [-0.25, -0.2) is 0 Å². The Bertz CT molecular complexity index is 555. The molecule has 1 heterocycles. The van der Waals surface area contributed by atoms with Gasteiger partial charge in [-0.15, -0.1) is 0 Å². The summed E-state index contributed by atoms with van der Waals surface area (Å²) in [6.45, 7) is 1.02. The molecule has 18 heavy (non-hydrogen) atoms. The Morgan fingerprint density at radius 2 is 1.83 bits per heavy atom. The van der Waals surface area contributed by atoms with Gasteiger partial charge in [0.15, 0.2) is 0 Å². The van der Waals surface area contributed by atoms with Crippen molar-refractivity contribution in [2.24, 2.45) is 5.73 Å². The Balaban J connectivity index is 2.12. The lowest BCUT2D eigenvalue weighted by Gasteiger charge is -2.03. The van der Waals surface area contributed by atoms with Crippen LogP contribution in [0.5, 0.6) is 5.75 Å². The molecule has 2 rings (SSSR count). The van der Waals surface area contributed by atoms with Crippen LogP contribution in [0.2, 0.25) is 0 Å². The Hall–Kier alpha value is -2.31. The second-order valence-corrected chi connectivity index (χ2v) is 3.65. The minimum absolute atomic E-state index is 0.507. The summed E-state index contributed by atoms with van der Waals surface area (Å²) in [5, 5.41) is 0. The molecule has 3 heteroatoms. The second kappa shape index (κ2) is 6.43. The van der Waals surface area contributed by atoms with E-state index in [1.165, 1.54) is 0 Å². The van der Waals surface area contributed by atoms with Crippen molar-refractivity contribution in [1.29, 1.82) is 0 Å². The van der Waals surface area contributed by atoms with E-state index >= 15 is 0 Å². The zero-order valence-corrected chi connectivity index (χ0v) is 9.97. The number of benzene rings is 1. The first-order valence-electron chi connectivity index (χ1n) is 5.73. The molecule has 1 aromatic heterocycles. The largest absolute Gasteiger partial charge is 0.492 e. The number of ether oxygens (including phenoxy) is 1. The second-order valence-electron chi connectivity index (χ2n) is 3.65. The summed E-state index contributed by atoms with van der Waals surface area (Å²) in [6, 6.07) is 11.4. The maximum atomic E-state index is 5.45. The summed E-state index contributed by atoms with van der Waals surface area (Å²) in [4.78, 5) is 3.95. The Labute approximate surface area is 107 Å². The molecule has 0 atom stereocenters. The van der Waals surface area contributed by atoms with Crippen LogP contribution >= 0.6 is 0 Å². The molecule has 2 aromatic rings. The smallest absolute Gasteiger partial charge is 0.120 e. The molecule has 1 aromatic carbocycles. The molecule has 0 fully saturated rings. The number of nitrogens with two attached hydrogens (primary N) is 1. The van der Waals surface area contributed by atoms with E-state index in [-0.39, 0.29) is 0 Å². The van der Waals surface area contributed by atoms with Crippen molar-refractivity contribution in [2.45, 2.75) is 0 Å². The van der Waals surface area contributed by atoms with Crippen molar-refractivity contribution >= 4 is 0 Å². The third-order valence-electron chi connectivity index (χ3n) is 2.25. The lowest BCUT2D eigenvalue weighted by Crippen LogP contribution is -2.10. The first-order valence-corrected chi connectivity index (χ1v) is 5.73. The van der Waals surface area contributed by atoms with E-state index in [4.69, 9.17) is 10.5 Å². The van der Waals surface area contributed by atoms with E-state index in [1.54, 1.807) is 12.4 Å². The van der Waals surface area contributed by atoms with E-state index in [9.17, 15) is 0 Å². The normalized spacial score (nSPS) is 9.39. The van der Waals surface area contributed by atoms with Crippen LogP contribution in [0, 0.1) is 11.8 Å². The SMILES string of the molecule is NCCOc1cccc(C#Cc2ccncc2)c1. The summed E-state index contributed by atoms with van der Waals surface area (Å²) in [7, 11) is 0. The number of nitrogens with zero attached hydrogens (tertiary/aromatic N) is 1. The predicted molar refractivity (Wildman–Crippen MR) is 71.2 cm³/mol. The average molecular weight is 238 g/mol. The summed E-state index contributed by atoms with van der Waals surface area (Å²) < 4.78 is 5.45. The van der Waals surface area contributed by atoms with Crippen LogP contribution in [0.4, 0.5) is 0 Å². The van der Waals surface area contributed by atoms with Crippen LogP contribution in [0.15, 0.2) is 48.8 Å². The number of pyridine rings is 1. The molecule has 0 unspecified atom stereocenters. The average Bonchev–Trinajstić information content (AvgIpc) is 2.44. The Kier molecular flexibility index (Phi) is 4.34. The molecule has 0 radical (unpaired) electrons. The highest BCUT2D eigenvalue weighted by molar-refractivity contribution is 5.44. The van der Waals surface area contributed by atoms with Gasteiger partial charge in [0, 0.05) is 30.1 Å². The van der Waals surface area contributed by atoms with Crippen molar-refractivity contribution < 1.29 is 4.74 Å². The van der Waals surface area contributed by atoms with Crippen molar-refractivity contribution in [1.82, 2.24) is 4.98 Å². The first-order chi connectivity index (χ1) is 8.88. The molecule has 0 bridgehead atoms. The van der Waals surface area contributed by atoms with E-state index in [0.29, 0.717) is 13.2 Å². The molecular formula is C15H14N2O. The van der Waals surface area contributed by atoms with E-state index in [2.05, 4.69) is 16.8 Å². The van der Waals surface area contributed by atoms with Gasteiger partial charge < -0.3 is 10.5 Å². The molecule has 0 aliphatic rings. The van der Waals surface area contributed by atoms with Crippen molar-refractivity contribution in [3.8, 4) is 17.6 Å². The van der Waals surface area contributed by atoms with Gasteiger partial charge in [-0.1, -0.05) is 17.9 Å². The van der Waals surface area contributed by atoms with E-state index < -0.39 is 0 Å². The Morgan fingerprint density at radius 1 is 1.06 bits per heavy atom. The van der Waals surface area contributed by atoms with Gasteiger partial charge in [-0.05, 0) is 30.3 Å². The van der Waals surface area contributed by atoms with Gasteiger partial charge in [0.1, 0.15) is 12.4 Å². The molecule has 3 nitrogen and oxygen atoms in total. The molecule has 0 spiro atoms. The van der Waals surface area contributed by atoms with Crippen LogP contribution in [-0.2, 0) is 0 Å². The number of hydrogen-bond donors (Lipinski definition) is 1. The zero-order valence-electron chi connectivity index (χ0n) is 9.97. The van der Waals surface area contributed by atoms with Crippen LogP contribution in [0.3, 0.4) is 0 Å². The highest BCUT2D eigenvalue weighted by Crippen LogP contribution is 2.12. The quantitative estimate of drug-likeness (QED) is 0.830. The highest BCUT2D eigenvalue weighted by Gasteiger charge is 1.93. The van der Waals surface area contributed by atoms with Crippen LogP contribution < -0.4 is 10.5 Å². The third kappa shape index (κ3) is 3.62. The highest BCUT2D eigenvalue weighted by atomic mass is 16.5. The lowest BCUT2D eigenvalue weighted by molar-refractivity contribution is 0.328. The van der Waals surface area contributed by atoms with Gasteiger partial charge in [-0.3, -0.25) is 4.98 Å². The first kappa shape index (κ1) is 12.2. The molecule has 0 aliphatic heterocycles. The fourth-order valence-corrected chi connectivity index (χ4v) is 1.42. The molecule has 0 amide bonds. The minimum atomic E-state index is 0.507. The number of rotatable bonds is 3. The van der Waals surface area contributed by atoms with Gasteiger partial charge in [0.25, 0.3) is 0 Å². The van der Waals surface area contributed by atoms with Gasteiger partial charge in [-0.2, -0.15) is 0 Å². The van der Waals surface area contributed by atoms with E-state index in [1.807, 2.05) is 36.4 Å².